The van der Waals surface area contributed by atoms with Crippen LogP contribution in [0.1, 0.15) is 56.6 Å². The zero-order valence-corrected chi connectivity index (χ0v) is 13.0. The Balaban J connectivity index is 2.66. The fourth-order valence-corrected chi connectivity index (χ4v) is 3.66. The van der Waals surface area contributed by atoms with Gasteiger partial charge in [-0.05, 0) is 47.0 Å². The predicted molar refractivity (Wildman–Crippen MR) is 89.1 cm³/mol. The van der Waals surface area contributed by atoms with E-state index in [4.69, 9.17) is 0 Å². The molecular weight excluding hydrogens is 240 g/mol. The summed E-state index contributed by atoms with van der Waals surface area (Å²) in [6.45, 7) is 15.0. The molecule has 3 atom stereocenters. The van der Waals surface area contributed by atoms with Gasteiger partial charge in [0.25, 0.3) is 0 Å². The summed E-state index contributed by atoms with van der Waals surface area (Å²) in [6.07, 6.45) is 6.46. The van der Waals surface area contributed by atoms with Gasteiger partial charge in [0.1, 0.15) is 0 Å². The summed E-state index contributed by atoms with van der Waals surface area (Å²) in [4.78, 5) is 0. The van der Waals surface area contributed by atoms with Gasteiger partial charge in [-0.2, -0.15) is 0 Å². The van der Waals surface area contributed by atoms with E-state index in [0.717, 1.165) is 0 Å². The number of allylic oxidation sites excluding steroid dienone is 4. The number of hydrogen-bond acceptors (Lipinski definition) is 0. The zero-order valence-electron chi connectivity index (χ0n) is 13.0. The van der Waals surface area contributed by atoms with Gasteiger partial charge >= 0.3 is 0 Å². The van der Waals surface area contributed by atoms with Crippen LogP contribution >= 0.6 is 0 Å². The average Bonchev–Trinajstić information content (AvgIpc) is 2.48. The van der Waals surface area contributed by atoms with Crippen molar-refractivity contribution in [1.29, 1.82) is 0 Å². The normalized spacial score (nSPS) is 30.1. The number of hydrogen-bond donors (Lipinski definition) is 0. The smallest absolute Gasteiger partial charge is 0.00664 e. The molecule has 0 spiro atoms. The van der Waals surface area contributed by atoms with E-state index >= 15 is 0 Å². The van der Waals surface area contributed by atoms with Crippen LogP contribution in [-0.2, 0) is 0 Å². The van der Waals surface area contributed by atoms with Crippen LogP contribution in [0.4, 0.5) is 0 Å². The highest BCUT2D eigenvalue weighted by Gasteiger charge is 2.26. The first kappa shape index (κ1) is 14.8. The molecule has 0 N–H and O–H groups in total. The fraction of sp³-hybridized carbons (Fsp3) is 0.400. The molecule has 0 saturated carbocycles. The molecule has 0 nitrogen and oxygen atoms in total. The van der Waals surface area contributed by atoms with Crippen molar-refractivity contribution in [2.45, 2.75) is 45.4 Å². The van der Waals surface area contributed by atoms with E-state index in [1.54, 1.807) is 0 Å². The van der Waals surface area contributed by atoms with E-state index in [1.165, 1.54) is 35.1 Å². The number of rotatable bonds is 3. The zero-order chi connectivity index (χ0) is 14.7. The van der Waals surface area contributed by atoms with Gasteiger partial charge < -0.3 is 0 Å². The minimum atomic E-state index is 0.397. The third kappa shape index (κ3) is 2.52. The lowest BCUT2D eigenvalue weighted by molar-refractivity contribution is 0.498. The second-order valence-electron chi connectivity index (χ2n) is 5.91. The van der Waals surface area contributed by atoms with Crippen LogP contribution < -0.4 is 0 Å². The highest BCUT2D eigenvalue weighted by atomic mass is 14.3. The summed E-state index contributed by atoms with van der Waals surface area (Å²) >= 11 is 0. The largest absolute Gasteiger partial charge is 0.0988 e. The van der Waals surface area contributed by atoms with Crippen molar-refractivity contribution < 1.29 is 0 Å². The minimum Gasteiger partial charge on any atom is -0.0988 e. The molecular formula is C20H26. The second-order valence-corrected chi connectivity index (χ2v) is 5.91. The van der Waals surface area contributed by atoms with E-state index in [0.29, 0.717) is 17.8 Å². The Kier molecular flexibility index (Phi) is 4.65. The Morgan fingerprint density at radius 1 is 1.05 bits per heavy atom. The van der Waals surface area contributed by atoms with Crippen molar-refractivity contribution in [3.63, 3.8) is 0 Å². The van der Waals surface area contributed by atoms with Crippen molar-refractivity contribution in [3.05, 3.63) is 71.8 Å². The van der Waals surface area contributed by atoms with Gasteiger partial charge in [-0.25, -0.2) is 0 Å². The summed E-state index contributed by atoms with van der Waals surface area (Å²) in [5, 5.41) is 0. The molecule has 20 heavy (non-hydrogen) atoms. The molecule has 0 fully saturated rings. The average molecular weight is 266 g/mol. The lowest BCUT2D eigenvalue weighted by Gasteiger charge is -2.31. The molecule has 0 heteroatoms. The van der Waals surface area contributed by atoms with Gasteiger partial charge in [0.15, 0.2) is 0 Å². The predicted octanol–water partition coefficient (Wildman–Crippen LogP) is 5.99. The van der Waals surface area contributed by atoms with Crippen LogP contribution in [0.5, 0.6) is 0 Å². The van der Waals surface area contributed by atoms with E-state index in [-0.39, 0.29) is 0 Å². The number of benzene rings is 1. The van der Waals surface area contributed by atoms with Crippen LogP contribution in [0.2, 0.25) is 0 Å². The topological polar surface area (TPSA) is 0 Å². The highest BCUT2D eigenvalue weighted by Crippen LogP contribution is 2.42. The second kappa shape index (κ2) is 6.26. The van der Waals surface area contributed by atoms with Crippen LogP contribution in [0.3, 0.4) is 0 Å². The molecule has 0 aromatic heterocycles. The maximum atomic E-state index is 4.05. The summed E-state index contributed by atoms with van der Waals surface area (Å²) in [6, 6.07) is 8.92. The Morgan fingerprint density at radius 3 is 2.20 bits per heavy atom. The van der Waals surface area contributed by atoms with Crippen molar-refractivity contribution >= 4 is 0 Å². The molecule has 2 rings (SSSR count). The van der Waals surface area contributed by atoms with E-state index in [2.05, 4.69) is 58.2 Å². The van der Waals surface area contributed by atoms with Crippen LogP contribution in [0.25, 0.3) is 0 Å². The maximum Gasteiger partial charge on any atom is 0.00664 e. The first-order valence-corrected chi connectivity index (χ1v) is 7.71. The molecule has 0 saturated heterocycles. The Morgan fingerprint density at radius 2 is 1.65 bits per heavy atom. The Labute approximate surface area is 123 Å². The molecule has 1 aromatic carbocycles. The minimum absolute atomic E-state index is 0.397. The SMILES string of the molecule is C=C/C1=C(\C=C)C(C)c2ccccc2C(CC)CC1C. The first-order valence-electron chi connectivity index (χ1n) is 7.71. The van der Waals surface area contributed by atoms with Gasteiger partial charge in [0.2, 0.25) is 0 Å². The van der Waals surface area contributed by atoms with Gasteiger partial charge in [0, 0.05) is 5.92 Å². The van der Waals surface area contributed by atoms with Gasteiger partial charge in [-0.15, -0.1) is 0 Å². The molecule has 0 bridgehead atoms. The Bertz CT molecular complexity index is 533. The summed E-state index contributed by atoms with van der Waals surface area (Å²) < 4.78 is 0. The van der Waals surface area contributed by atoms with Crippen molar-refractivity contribution in [1.82, 2.24) is 0 Å². The Hall–Kier alpha value is -1.56. The van der Waals surface area contributed by atoms with Crippen molar-refractivity contribution in [2.75, 3.05) is 0 Å². The maximum absolute atomic E-state index is 4.05. The molecule has 1 aliphatic carbocycles. The highest BCUT2D eigenvalue weighted by molar-refractivity contribution is 5.46. The third-order valence-corrected chi connectivity index (χ3v) is 4.80. The molecule has 0 radical (unpaired) electrons. The summed E-state index contributed by atoms with van der Waals surface area (Å²) in [5.74, 6) is 1.58. The molecule has 0 amide bonds. The molecule has 106 valence electrons. The molecule has 3 unspecified atom stereocenters. The van der Waals surface area contributed by atoms with Crippen LogP contribution in [0.15, 0.2) is 60.7 Å². The number of fused-ring (bicyclic) bond motifs is 1. The van der Waals surface area contributed by atoms with Gasteiger partial charge in [-0.3, -0.25) is 0 Å². The van der Waals surface area contributed by atoms with Crippen molar-refractivity contribution in [3.8, 4) is 0 Å². The summed E-state index contributed by atoms with van der Waals surface area (Å²) in [5.41, 5.74) is 5.70. The lowest BCUT2D eigenvalue weighted by atomic mass is 9.73. The summed E-state index contributed by atoms with van der Waals surface area (Å²) in [7, 11) is 0. The van der Waals surface area contributed by atoms with Crippen LogP contribution in [0, 0.1) is 5.92 Å². The molecule has 0 aliphatic heterocycles. The van der Waals surface area contributed by atoms with Crippen LogP contribution in [-0.4, -0.2) is 0 Å². The first-order chi connectivity index (χ1) is 9.63. The van der Waals surface area contributed by atoms with Gasteiger partial charge in [0.05, 0.1) is 0 Å². The molecule has 0 heterocycles. The van der Waals surface area contributed by atoms with E-state index in [1.807, 2.05) is 12.2 Å². The van der Waals surface area contributed by atoms with Gasteiger partial charge in [-0.1, -0.05) is 70.3 Å². The lowest BCUT2D eigenvalue weighted by Crippen LogP contribution is -2.16. The fourth-order valence-electron chi connectivity index (χ4n) is 3.66. The standard InChI is InChI=1S/C20H26/c1-6-16-13-14(4)17(7-2)18(8-3)15(5)19-11-9-10-12-20(16)19/h7-12,14-16H,2-3,6,13H2,1,4-5H3/b18-17-. The quantitative estimate of drug-likeness (QED) is 0.630. The molecule has 1 aromatic rings. The monoisotopic (exact) mass is 266 g/mol. The van der Waals surface area contributed by atoms with E-state index in [9.17, 15) is 0 Å². The van der Waals surface area contributed by atoms with E-state index < -0.39 is 0 Å². The molecule has 1 aliphatic rings. The van der Waals surface area contributed by atoms with Crippen molar-refractivity contribution in [2.24, 2.45) is 5.92 Å². The third-order valence-electron chi connectivity index (χ3n) is 4.80.